The van der Waals surface area contributed by atoms with E-state index < -0.39 is 0 Å². The Morgan fingerprint density at radius 3 is 2.74 bits per heavy atom. The minimum atomic E-state index is 0.277. The number of nitrogens with zero attached hydrogens (tertiary/aromatic N) is 4. The maximum Gasteiger partial charge on any atom is 0.222 e. The van der Waals surface area contributed by atoms with Crippen LogP contribution in [0.3, 0.4) is 0 Å². The summed E-state index contributed by atoms with van der Waals surface area (Å²) >= 11 is 0. The number of ether oxygens (including phenoxy) is 1. The number of nitrogens with one attached hydrogen (secondary N) is 2. The van der Waals surface area contributed by atoms with Crippen molar-refractivity contribution in [3.05, 3.63) is 35.5 Å². The van der Waals surface area contributed by atoms with Gasteiger partial charge in [0.2, 0.25) is 5.95 Å². The van der Waals surface area contributed by atoms with Crippen LogP contribution in [0.4, 0.5) is 11.8 Å². The number of nitrogen functional groups attached to an aromatic ring is 1. The van der Waals surface area contributed by atoms with Crippen molar-refractivity contribution in [1.82, 2.24) is 25.1 Å². The number of fused-ring (bicyclic) bond motifs is 1. The monoisotopic (exact) mass is 461 g/mol. The lowest BCUT2D eigenvalue weighted by atomic mass is 9.52. The van der Waals surface area contributed by atoms with Gasteiger partial charge in [0.25, 0.3) is 0 Å². The first-order valence-electron chi connectivity index (χ1n) is 12.7. The molecular formula is C26H35N7O. The third-order valence-electron chi connectivity index (χ3n) is 8.29. The maximum absolute atomic E-state index is 6.01. The molecule has 3 aromatic rings. The predicted octanol–water partition coefficient (Wildman–Crippen LogP) is 4.10. The van der Waals surface area contributed by atoms with E-state index in [0.29, 0.717) is 23.9 Å². The van der Waals surface area contributed by atoms with Gasteiger partial charge in [0, 0.05) is 24.7 Å². The van der Waals surface area contributed by atoms with E-state index in [-0.39, 0.29) is 5.95 Å². The lowest BCUT2D eigenvalue weighted by molar-refractivity contribution is -0.0185. The van der Waals surface area contributed by atoms with Gasteiger partial charge in [-0.3, -0.25) is 4.68 Å². The Labute approximate surface area is 200 Å². The van der Waals surface area contributed by atoms with E-state index in [2.05, 4.69) is 43.9 Å². The van der Waals surface area contributed by atoms with Crippen LogP contribution in [0.25, 0.3) is 11.0 Å². The van der Waals surface area contributed by atoms with Crippen molar-refractivity contribution < 1.29 is 4.74 Å². The van der Waals surface area contributed by atoms with Crippen molar-refractivity contribution in [2.75, 3.05) is 24.7 Å². The molecule has 0 amide bonds. The van der Waals surface area contributed by atoms with E-state index in [0.717, 1.165) is 41.3 Å². The summed E-state index contributed by atoms with van der Waals surface area (Å²) in [6, 6.07) is 7.11. The summed E-state index contributed by atoms with van der Waals surface area (Å²) in [5.41, 5.74) is 10.7. The first-order valence-corrected chi connectivity index (χ1v) is 12.7. The predicted molar refractivity (Wildman–Crippen MR) is 134 cm³/mol. The summed E-state index contributed by atoms with van der Waals surface area (Å²) in [7, 11) is 1.73. The average molecular weight is 462 g/mol. The SMILES string of the molecule is COc1cc(CNC2CCC2)ccc1Cn1ncc2nc(N)nc(NCC3CC4(CCC4)C3)c21. The fourth-order valence-electron chi connectivity index (χ4n) is 5.96. The largest absolute Gasteiger partial charge is 0.496 e. The third kappa shape index (κ3) is 4.08. The van der Waals surface area contributed by atoms with Crippen LogP contribution in [-0.2, 0) is 13.1 Å². The van der Waals surface area contributed by atoms with Crippen molar-refractivity contribution >= 4 is 22.8 Å². The molecular weight excluding hydrogens is 426 g/mol. The van der Waals surface area contributed by atoms with Crippen molar-refractivity contribution in [2.45, 2.75) is 70.5 Å². The Morgan fingerprint density at radius 1 is 1.18 bits per heavy atom. The van der Waals surface area contributed by atoms with Gasteiger partial charge in [-0.25, -0.2) is 4.98 Å². The number of benzene rings is 1. The quantitative estimate of drug-likeness (QED) is 0.441. The molecule has 0 aliphatic heterocycles. The summed E-state index contributed by atoms with van der Waals surface area (Å²) in [5, 5.41) is 11.8. The van der Waals surface area contributed by atoms with Gasteiger partial charge in [0.15, 0.2) is 5.82 Å². The number of aromatic nitrogens is 4. The number of rotatable bonds is 9. The Balaban J connectivity index is 1.19. The van der Waals surface area contributed by atoms with Crippen molar-refractivity contribution in [3.63, 3.8) is 0 Å². The number of nitrogens with two attached hydrogens (primary N) is 1. The molecule has 0 bridgehead atoms. The standard InChI is InChI=1S/C26H35N7O/c1-34-22-10-17(13-28-20-4-2-5-20)6-7-19(22)16-33-23-21(15-30-33)31-25(27)32-24(23)29-14-18-11-26(12-18)8-3-9-26/h6-7,10,15,18,20,28H,2-5,8-9,11-14,16H2,1H3,(H3,27,29,31,32). The smallest absolute Gasteiger partial charge is 0.222 e. The number of hydrogen-bond acceptors (Lipinski definition) is 7. The Bertz CT molecular complexity index is 1170. The lowest BCUT2D eigenvalue weighted by Crippen LogP contribution is -2.45. The van der Waals surface area contributed by atoms with Crippen LogP contribution in [-0.4, -0.2) is 39.4 Å². The van der Waals surface area contributed by atoms with Crippen molar-refractivity contribution in [1.29, 1.82) is 0 Å². The van der Waals surface area contributed by atoms with E-state index in [9.17, 15) is 0 Å². The lowest BCUT2D eigenvalue weighted by Gasteiger charge is -2.54. The van der Waals surface area contributed by atoms with Crippen LogP contribution in [0.2, 0.25) is 0 Å². The number of anilines is 2. The van der Waals surface area contributed by atoms with Crippen LogP contribution in [0, 0.1) is 11.3 Å². The minimum Gasteiger partial charge on any atom is -0.496 e. The molecule has 8 nitrogen and oxygen atoms in total. The van der Waals surface area contributed by atoms with Crippen molar-refractivity contribution in [2.24, 2.45) is 11.3 Å². The second-order valence-electron chi connectivity index (χ2n) is 10.6. The van der Waals surface area contributed by atoms with E-state index in [4.69, 9.17) is 10.5 Å². The molecule has 3 aliphatic rings. The summed E-state index contributed by atoms with van der Waals surface area (Å²) in [4.78, 5) is 8.96. The first kappa shape index (κ1) is 21.6. The number of methoxy groups -OCH3 is 1. The zero-order valence-corrected chi connectivity index (χ0v) is 20.0. The molecule has 0 saturated heterocycles. The van der Waals surface area contributed by atoms with Crippen LogP contribution in [0.15, 0.2) is 24.4 Å². The average Bonchev–Trinajstić information content (AvgIpc) is 3.13. The Hall–Kier alpha value is -2.87. The molecule has 0 radical (unpaired) electrons. The van der Waals surface area contributed by atoms with Crippen molar-refractivity contribution in [3.8, 4) is 5.75 Å². The van der Waals surface area contributed by atoms with Gasteiger partial charge in [-0.05, 0) is 61.5 Å². The van der Waals surface area contributed by atoms with Gasteiger partial charge in [0.1, 0.15) is 16.8 Å². The highest BCUT2D eigenvalue weighted by Gasteiger charge is 2.47. The molecule has 0 atom stereocenters. The molecule has 34 heavy (non-hydrogen) atoms. The second kappa shape index (κ2) is 8.73. The van der Waals surface area contributed by atoms with Crippen LogP contribution < -0.4 is 21.1 Å². The fraction of sp³-hybridized carbons (Fsp3) is 0.577. The molecule has 3 aliphatic carbocycles. The van der Waals surface area contributed by atoms with Crippen LogP contribution >= 0.6 is 0 Å². The molecule has 3 fully saturated rings. The summed E-state index contributed by atoms with van der Waals surface area (Å²) in [6.07, 6.45) is 12.6. The highest BCUT2D eigenvalue weighted by atomic mass is 16.5. The molecule has 3 saturated carbocycles. The zero-order chi connectivity index (χ0) is 23.1. The fourth-order valence-corrected chi connectivity index (χ4v) is 5.96. The zero-order valence-electron chi connectivity index (χ0n) is 20.0. The summed E-state index contributed by atoms with van der Waals surface area (Å²) < 4.78 is 7.70. The van der Waals surface area contributed by atoms with Gasteiger partial charge >= 0.3 is 0 Å². The van der Waals surface area contributed by atoms with Gasteiger partial charge < -0.3 is 21.1 Å². The molecule has 0 unspecified atom stereocenters. The molecule has 180 valence electrons. The van der Waals surface area contributed by atoms with E-state index in [1.165, 1.54) is 56.9 Å². The van der Waals surface area contributed by atoms with Crippen LogP contribution in [0.1, 0.15) is 62.5 Å². The van der Waals surface area contributed by atoms with E-state index >= 15 is 0 Å². The van der Waals surface area contributed by atoms with E-state index in [1.807, 2.05) is 4.68 Å². The minimum absolute atomic E-state index is 0.277. The topological polar surface area (TPSA) is 103 Å². The molecule has 2 aromatic heterocycles. The summed E-state index contributed by atoms with van der Waals surface area (Å²) in [6.45, 7) is 2.37. The van der Waals surface area contributed by atoms with E-state index in [1.54, 1.807) is 13.3 Å². The highest BCUT2D eigenvalue weighted by molar-refractivity contribution is 5.86. The maximum atomic E-state index is 6.01. The van der Waals surface area contributed by atoms with Gasteiger partial charge in [-0.15, -0.1) is 0 Å². The Morgan fingerprint density at radius 2 is 2.03 bits per heavy atom. The Kier molecular flexibility index (Phi) is 5.56. The highest BCUT2D eigenvalue weighted by Crippen LogP contribution is 2.58. The molecule has 1 aromatic carbocycles. The van der Waals surface area contributed by atoms with Gasteiger partial charge in [-0.1, -0.05) is 25.0 Å². The normalized spacial score (nSPS) is 19.6. The number of hydrogen-bond donors (Lipinski definition) is 3. The third-order valence-corrected chi connectivity index (χ3v) is 8.29. The first-order chi connectivity index (χ1) is 16.6. The molecule has 4 N–H and O–H groups in total. The van der Waals surface area contributed by atoms with Gasteiger partial charge in [-0.2, -0.15) is 10.1 Å². The second-order valence-corrected chi connectivity index (χ2v) is 10.6. The molecule has 6 rings (SSSR count). The molecule has 1 spiro atoms. The van der Waals surface area contributed by atoms with Gasteiger partial charge in [0.05, 0.1) is 19.9 Å². The molecule has 2 heterocycles. The summed E-state index contributed by atoms with van der Waals surface area (Å²) in [5.74, 6) is 2.64. The molecule has 8 heteroatoms. The van der Waals surface area contributed by atoms with Crippen LogP contribution in [0.5, 0.6) is 5.75 Å².